The number of para-hydroxylation sites is 1. The third-order valence-corrected chi connectivity index (χ3v) is 5.84. The monoisotopic (exact) mass is 426 g/mol. The predicted octanol–water partition coefficient (Wildman–Crippen LogP) is 4.39. The van der Waals surface area contributed by atoms with E-state index >= 15 is 0 Å². The molecule has 3 aromatic heterocycles. The molecule has 1 aromatic carbocycles. The van der Waals surface area contributed by atoms with Crippen molar-refractivity contribution in [1.82, 2.24) is 19.9 Å². The molecule has 0 fully saturated rings. The van der Waals surface area contributed by atoms with Gasteiger partial charge in [-0.25, -0.2) is 4.98 Å². The van der Waals surface area contributed by atoms with Crippen LogP contribution in [0.25, 0.3) is 22.2 Å². The number of carbonyl (C=O) groups is 1. The quantitative estimate of drug-likeness (QED) is 0.526. The highest BCUT2D eigenvalue weighted by Crippen LogP contribution is 2.30. The second-order valence-corrected chi connectivity index (χ2v) is 7.52. The van der Waals surface area contributed by atoms with Crippen LogP contribution >= 0.6 is 27.3 Å². The third-order valence-electron chi connectivity index (χ3n) is 4.19. The van der Waals surface area contributed by atoms with Gasteiger partial charge in [0.1, 0.15) is 10.7 Å². The van der Waals surface area contributed by atoms with Gasteiger partial charge in [-0.3, -0.25) is 9.78 Å². The van der Waals surface area contributed by atoms with Crippen molar-refractivity contribution in [3.8, 4) is 11.3 Å². The van der Waals surface area contributed by atoms with Crippen molar-refractivity contribution in [3.63, 3.8) is 0 Å². The Labute approximate surface area is 162 Å². The SMILES string of the molecule is Cn1c(C(=O)NCc2nc(-c3ccncc3)cs2)c(Br)c2ccccc21. The van der Waals surface area contributed by atoms with Crippen LogP contribution < -0.4 is 5.32 Å². The Morgan fingerprint density at radius 3 is 2.77 bits per heavy atom. The molecule has 0 aliphatic carbocycles. The number of benzene rings is 1. The fourth-order valence-corrected chi connectivity index (χ4v) is 4.41. The minimum Gasteiger partial charge on any atom is -0.344 e. The van der Waals surface area contributed by atoms with Crippen LogP contribution in [0.3, 0.4) is 0 Å². The molecule has 0 bridgehead atoms. The van der Waals surface area contributed by atoms with Gasteiger partial charge in [0, 0.05) is 41.3 Å². The van der Waals surface area contributed by atoms with Crippen LogP contribution in [0.5, 0.6) is 0 Å². The zero-order valence-electron chi connectivity index (χ0n) is 13.9. The number of hydrogen-bond donors (Lipinski definition) is 1. The Bertz CT molecular complexity index is 1050. The Hall–Kier alpha value is -2.51. The van der Waals surface area contributed by atoms with Crippen molar-refractivity contribution >= 4 is 44.1 Å². The number of thiazole rings is 1. The van der Waals surface area contributed by atoms with E-state index in [9.17, 15) is 4.79 Å². The highest BCUT2D eigenvalue weighted by atomic mass is 79.9. The Morgan fingerprint density at radius 1 is 1.23 bits per heavy atom. The molecule has 0 saturated heterocycles. The first-order valence-electron chi connectivity index (χ1n) is 8.01. The predicted molar refractivity (Wildman–Crippen MR) is 107 cm³/mol. The lowest BCUT2D eigenvalue weighted by Gasteiger charge is -2.06. The van der Waals surface area contributed by atoms with E-state index in [0.29, 0.717) is 12.2 Å². The zero-order valence-corrected chi connectivity index (χ0v) is 16.3. The minimum absolute atomic E-state index is 0.128. The number of carbonyl (C=O) groups excluding carboxylic acids is 1. The van der Waals surface area contributed by atoms with E-state index in [1.165, 1.54) is 11.3 Å². The van der Waals surface area contributed by atoms with Gasteiger partial charge < -0.3 is 9.88 Å². The number of aromatic nitrogens is 3. The van der Waals surface area contributed by atoms with Gasteiger partial charge in [0.2, 0.25) is 0 Å². The number of nitrogens with one attached hydrogen (secondary N) is 1. The summed E-state index contributed by atoms with van der Waals surface area (Å²) in [6.45, 7) is 0.391. The highest BCUT2D eigenvalue weighted by Gasteiger charge is 2.19. The second-order valence-electron chi connectivity index (χ2n) is 5.78. The molecule has 0 saturated carbocycles. The van der Waals surface area contributed by atoms with E-state index in [2.05, 4.69) is 31.2 Å². The lowest BCUT2D eigenvalue weighted by Crippen LogP contribution is -2.25. The standard InChI is InChI=1S/C19H15BrN4OS/c1-24-15-5-3-2-4-13(15)17(20)18(24)19(25)22-10-16-23-14(11-26-16)12-6-8-21-9-7-12/h2-9,11H,10H2,1H3,(H,22,25). The maximum atomic E-state index is 12.7. The molecule has 1 amide bonds. The Balaban J connectivity index is 1.52. The molecule has 0 aliphatic heterocycles. The van der Waals surface area contributed by atoms with Gasteiger partial charge in [-0.15, -0.1) is 11.3 Å². The van der Waals surface area contributed by atoms with Gasteiger partial charge in [0.15, 0.2) is 0 Å². The molecule has 0 aliphatic rings. The molecule has 0 atom stereocenters. The number of halogens is 1. The van der Waals surface area contributed by atoms with Crippen molar-refractivity contribution in [2.45, 2.75) is 6.54 Å². The van der Waals surface area contributed by atoms with Crippen LogP contribution in [0.2, 0.25) is 0 Å². The molecule has 4 aromatic rings. The van der Waals surface area contributed by atoms with Crippen LogP contribution in [-0.2, 0) is 13.6 Å². The average molecular weight is 427 g/mol. The maximum absolute atomic E-state index is 12.7. The van der Waals surface area contributed by atoms with Crippen molar-refractivity contribution in [3.05, 3.63) is 69.3 Å². The van der Waals surface area contributed by atoms with Crippen molar-refractivity contribution < 1.29 is 4.79 Å². The van der Waals surface area contributed by atoms with Crippen LogP contribution in [0.15, 0.2) is 58.6 Å². The van der Waals surface area contributed by atoms with Gasteiger partial charge in [0.25, 0.3) is 5.91 Å². The van der Waals surface area contributed by atoms with Crippen LogP contribution in [0.4, 0.5) is 0 Å². The lowest BCUT2D eigenvalue weighted by molar-refractivity contribution is 0.0942. The molecule has 0 radical (unpaired) electrons. The molecule has 26 heavy (non-hydrogen) atoms. The van der Waals surface area contributed by atoms with E-state index in [4.69, 9.17) is 0 Å². The van der Waals surface area contributed by atoms with Gasteiger partial charge >= 0.3 is 0 Å². The van der Waals surface area contributed by atoms with E-state index < -0.39 is 0 Å². The van der Waals surface area contributed by atoms with Gasteiger partial charge in [-0.05, 0) is 34.1 Å². The molecule has 0 spiro atoms. The summed E-state index contributed by atoms with van der Waals surface area (Å²) in [7, 11) is 1.90. The van der Waals surface area contributed by atoms with Crippen molar-refractivity contribution in [2.75, 3.05) is 0 Å². The summed E-state index contributed by atoms with van der Waals surface area (Å²) < 4.78 is 2.71. The Morgan fingerprint density at radius 2 is 2.00 bits per heavy atom. The van der Waals surface area contributed by atoms with E-state index in [1.54, 1.807) is 12.4 Å². The van der Waals surface area contributed by atoms with E-state index in [1.807, 2.05) is 53.4 Å². The zero-order chi connectivity index (χ0) is 18.1. The summed E-state index contributed by atoms with van der Waals surface area (Å²) in [5, 5.41) is 6.84. The van der Waals surface area contributed by atoms with Crippen LogP contribution in [0, 0.1) is 0 Å². The van der Waals surface area contributed by atoms with E-state index in [-0.39, 0.29) is 5.91 Å². The number of pyridine rings is 1. The van der Waals surface area contributed by atoms with Crippen molar-refractivity contribution in [2.24, 2.45) is 7.05 Å². The first-order chi connectivity index (χ1) is 12.6. The number of amides is 1. The second kappa shape index (κ2) is 7.01. The fraction of sp³-hybridized carbons (Fsp3) is 0.105. The van der Waals surface area contributed by atoms with Gasteiger partial charge in [-0.2, -0.15) is 0 Å². The molecule has 5 nitrogen and oxygen atoms in total. The minimum atomic E-state index is -0.128. The largest absolute Gasteiger partial charge is 0.344 e. The first-order valence-corrected chi connectivity index (χ1v) is 9.68. The smallest absolute Gasteiger partial charge is 0.269 e. The summed E-state index contributed by atoms with van der Waals surface area (Å²) in [6, 6.07) is 11.8. The molecule has 4 rings (SSSR count). The number of rotatable bonds is 4. The summed E-state index contributed by atoms with van der Waals surface area (Å²) in [4.78, 5) is 21.3. The summed E-state index contributed by atoms with van der Waals surface area (Å²) >= 11 is 5.09. The maximum Gasteiger partial charge on any atom is 0.269 e. The summed E-state index contributed by atoms with van der Waals surface area (Å²) in [5.41, 5.74) is 3.54. The highest BCUT2D eigenvalue weighted by molar-refractivity contribution is 9.10. The van der Waals surface area contributed by atoms with Crippen molar-refractivity contribution in [1.29, 1.82) is 0 Å². The fourth-order valence-electron chi connectivity index (χ4n) is 2.89. The summed E-state index contributed by atoms with van der Waals surface area (Å²) in [6.07, 6.45) is 3.49. The number of hydrogen-bond acceptors (Lipinski definition) is 4. The number of fused-ring (bicyclic) bond motifs is 1. The lowest BCUT2D eigenvalue weighted by atomic mass is 10.2. The molecule has 1 N–H and O–H groups in total. The molecule has 7 heteroatoms. The molecule has 130 valence electrons. The Kier molecular flexibility index (Phi) is 4.57. The van der Waals surface area contributed by atoms with E-state index in [0.717, 1.165) is 31.6 Å². The summed E-state index contributed by atoms with van der Waals surface area (Å²) in [5.74, 6) is -0.128. The van der Waals surface area contributed by atoms with Gasteiger partial charge in [-0.1, -0.05) is 18.2 Å². The molecule has 3 heterocycles. The van der Waals surface area contributed by atoms with Gasteiger partial charge in [0.05, 0.1) is 16.7 Å². The number of nitrogens with zero attached hydrogens (tertiary/aromatic N) is 3. The van der Waals surface area contributed by atoms with Crippen LogP contribution in [0.1, 0.15) is 15.5 Å². The van der Waals surface area contributed by atoms with Crippen LogP contribution in [-0.4, -0.2) is 20.4 Å². The average Bonchev–Trinajstić information content (AvgIpc) is 3.25. The third kappa shape index (κ3) is 3.04. The molecular weight excluding hydrogens is 412 g/mol. The normalized spacial score (nSPS) is 11.0. The topological polar surface area (TPSA) is 59.8 Å². The number of aryl methyl sites for hydroxylation is 1. The molecule has 0 unspecified atom stereocenters. The molecular formula is C19H15BrN4OS. The first kappa shape index (κ1) is 16.9.